The van der Waals surface area contributed by atoms with Crippen molar-refractivity contribution in [3.05, 3.63) is 65.7 Å². The summed E-state index contributed by atoms with van der Waals surface area (Å²) in [5.41, 5.74) is 3.10. The van der Waals surface area contributed by atoms with E-state index in [2.05, 4.69) is 61.2 Å². The van der Waals surface area contributed by atoms with Crippen molar-refractivity contribution in [2.75, 3.05) is 13.7 Å². The van der Waals surface area contributed by atoms with Gasteiger partial charge in [-0.2, -0.15) is 0 Å². The van der Waals surface area contributed by atoms with Crippen molar-refractivity contribution in [1.29, 1.82) is 0 Å². The number of rotatable bonds is 4. The first-order valence-electron chi connectivity index (χ1n) is 7.52. The first-order chi connectivity index (χ1) is 10.1. The van der Waals surface area contributed by atoms with Crippen LogP contribution in [0.2, 0.25) is 0 Å². The van der Waals surface area contributed by atoms with Gasteiger partial charge in [0.2, 0.25) is 0 Å². The molecule has 0 aromatic heterocycles. The molecule has 1 unspecified atom stereocenters. The molecule has 1 saturated heterocycles. The Morgan fingerprint density at radius 1 is 1.05 bits per heavy atom. The van der Waals surface area contributed by atoms with Crippen LogP contribution in [0, 0.1) is 5.41 Å². The Bertz CT molecular complexity index is 589. The molecule has 0 aliphatic carbocycles. The van der Waals surface area contributed by atoms with Crippen molar-refractivity contribution < 1.29 is 4.74 Å². The van der Waals surface area contributed by atoms with Crippen molar-refractivity contribution in [3.63, 3.8) is 0 Å². The quantitative estimate of drug-likeness (QED) is 0.829. The van der Waals surface area contributed by atoms with E-state index in [4.69, 9.17) is 4.74 Å². The Labute approximate surface area is 127 Å². The zero-order valence-electron chi connectivity index (χ0n) is 13.0. The average molecular weight is 281 g/mol. The summed E-state index contributed by atoms with van der Waals surface area (Å²) in [6.45, 7) is 6.84. The summed E-state index contributed by atoms with van der Waals surface area (Å²) >= 11 is 0. The third-order valence-electron chi connectivity index (χ3n) is 4.38. The van der Waals surface area contributed by atoms with Gasteiger partial charge in [-0.25, -0.2) is 0 Å². The number of benzene rings is 2. The molecule has 1 heterocycles. The Hall–Kier alpha value is -1.80. The fourth-order valence-electron chi connectivity index (χ4n) is 3.49. The lowest BCUT2D eigenvalue weighted by atomic mass is 9.71. The first kappa shape index (κ1) is 14.2. The molecule has 2 aromatic rings. The van der Waals surface area contributed by atoms with Crippen LogP contribution >= 0.6 is 0 Å². The number of likely N-dealkylation sites (tertiary alicyclic amines) is 1. The van der Waals surface area contributed by atoms with Crippen LogP contribution in [0.1, 0.15) is 31.0 Å². The Balaban J connectivity index is 1.76. The molecule has 2 aromatic carbocycles. The molecule has 0 radical (unpaired) electrons. The van der Waals surface area contributed by atoms with Gasteiger partial charge in [-0.05, 0) is 28.7 Å². The van der Waals surface area contributed by atoms with Gasteiger partial charge in [-0.15, -0.1) is 0 Å². The predicted octanol–water partition coefficient (Wildman–Crippen LogP) is 4.28. The average Bonchev–Trinajstić information content (AvgIpc) is 2.48. The van der Waals surface area contributed by atoms with Crippen LogP contribution < -0.4 is 4.74 Å². The van der Waals surface area contributed by atoms with Crippen molar-refractivity contribution in [2.24, 2.45) is 5.41 Å². The van der Waals surface area contributed by atoms with Crippen LogP contribution in [-0.4, -0.2) is 18.6 Å². The van der Waals surface area contributed by atoms with Crippen LogP contribution in [0.5, 0.6) is 5.75 Å². The van der Waals surface area contributed by atoms with Crippen LogP contribution in [0.3, 0.4) is 0 Å². The molecular formula is C19H23NO. The second-order valence-corrected chi connectivity index (χ2v) is 6.55. The summed E-state index contributed by atoms with van der Waals surface area (Å²) in [6, 6.07) is 19.7. The largest absolute Gasteiger partial charge is 0.497 e. The van der Waals surface area contributed by atoms with Gasteiger partial charge >= 0.3 is 0 Å². The van der Waals surface area contributed by atoms with Gasteiger partial charge in [0.15, 0.2) is 0 Å². The SMILES string of the molecule is COc1ccc(CN2CC(C)(C)C2c2ccccc2)cc1. The zero-order chi connectivity index (χ0) is 14.9. The molecule has 21 heavy (non-hydrogen) atoms. The summed E-state index contributed by atoms with van der Waals surface area (Å²) in [6.07, 6.45) is 0. The van der Waals surface area contributed by atoms with E-state index in [1.54, 1.807) is 7.11 Å². The van der Waals surface area contributed by atoms with E-state index in [0.29, 0.717) is 11.5 Å². The minimum Gasteiger partial charge on any atom is -0.497 e. The predicted molar refractivity (Wildman–Crippen MR) is 86.4 cm³/mol. The van der Waals surface area contributed by atoms with Gasteiger partial charge in [-0.1, -0.05) is 56.3 Å². The van der Waals surface area contributed by atoms with Gasteiger partial charge in [0.25, 0.3) is 0 Å². The highest BCUT2D eigenvalue weighted by molar-refractivity contribution is 5.29. The molecular weight excluding hydrogens is 258 g/mol. The highest BCUT2D eigenvalue weighted by atomic mass is 16.5. The molecule has 1 aliphatic rings. The van der Waals surface area contributed by atoms with Crippen LogP contribution in [0.25, 0.3) is 0 Å². The lowest BCUT2D eigenvalue weighted by molar-refractivity contribution is -0.0588. The second-order valence-electron chi connectivity index (χ2n) is 6.55. The molecule has 2 heteroatoms. The van der Waals surface area contributed by atoms with Crippen molar-refractivity contribution in [2.45, 2.75) is 26.4 Å². The van der Waals surface area contributed by atoms with Crippen LogP contribution in [-0.2, 0) is 6.54 Å². The van der Waals surface area contributed by atoms with Crippen molar-refractivity contribution in [1.82, 2.24) is 4.90 Å². The van der Waals surface area contributed by atoms with E-state index < -0.39 is 0 Å². The number of methoxy groups -OCH3 is 1. The maximum absolute atomic E-state index is 5.22. The van der Waals surface area contributed by atoms with Gasteiger partial charge in [0, 0.05) is 19.1 Å². The van der Waals surface area contributed by atoms with Crippen LogP contribution in [0.15, 0.2) is 54.6 Å². The monoisotopic (exact) mass is 281 g/mol. The first-order valence-corrected chi connectivity index (χ1v) is 7.52. The summed E-state index contributed by atoms with van der Waals surface area (Å²) < 4.78 is 5.22. The molecule has 0 saturated carbocycles. The normalized spacial score (nSPS) is 20.8. The van der Waals surface area contributed by atoms with Crippen LogP contribution in [0.4, 0.5) is 0 Å². The van der Waals surface area contributed by atoms with E-state index in [9.17, 15) is 0 Å². The summed E-state index contributed by atoms with van der Waals surface area (Å²) in [5, 5.41) is 0. The number of hydrogen-bond acceptors (Lipinski definition) is 2. The Morgan fingerprint density at radius 3 is 2.29 bits per heavy atom. The van der Waals surface area contributed by atoms with Crippen molar-refractivity contribution in [3.8, 4) is 5.75 Å². The standard InChI is InChI=1S/C19H23NO/c1-19(2)14-20(18(19)16-7-5-4-6-8-16)13-15-9-11-17(21-3)12-10-15/h4-12,18H,13-14H2,1-3H3. The van der Waals surface area contributed by atoms with E-state index in [1.165, 1.54) is 11.1 Å². The molecule has 0 amide bonds. The third kappa shape index (κ3) is 2.81. The molecule has 3 rings (SSSR count). The van der Waals surface area contributed by atoms with Gasteiger partial charge < -0.3 is 4.74 Å². The minimum atomic E-state index is 0.341. The van der Waals surface area contributed by atoms with E-state index in [1.807, 2.05) is 12.1 Å². The van der Waals surface area contributed by atoms with E-state index in [0.717, 1.165) is 18.8 Å². The molecule has 0 spiro atoms. The summed E-state index contributed by atoms with van der Waals surface area (Å²) in [7, 11) is 1.71. The molecule has 0 N–H and O–H groups in total. The smallest absolute Gasteiger partial charge is 0.118 e. The topological polar surface area (TPSA) is 12.5 Å². The lowest BCUT2D eigenvalue weighted by Gasteiger charge is -2.55. The van der Waals surface area contributed by atoms with Crippen molar-refractivity contribution >= 4 is 0 Å². The van der Waals surface area contributed by atoms with E-state index in [-0.39, 0.29) is 0 Å². The highest BCUT2D eigenvalue weighted by Gasteiger charge is 2.45. The fraction of sp³-hybridized carbons (Fsp3) is 0.368. The maximum atomic E-state index is 5.22. The molecule has 110 valence electrons. The van der Waals surface area contributed by atoms with E-state index >= 15 is 0 Å². The zero-order valence-corrected chi connectivity index (χ0v) is 13.0. The summed E-state index contributed by atoms with van der Waals surface area (Å²) in [5.74, 6) is 0.919. The second kappa shape index (κ2) is 5.53. The molecule has 0 bridgehead atoms. The fourth-order valence-corrected chi connectivity index (χ4v) is 3.49. The molecule has 1 fully saturated rings. The molecule has 1 aliphatic heterocycles. The molecule has 1 atom stereocenters. The Morgan fingerprint density at radius 2 is 1.71 bits per heavy atom. The number of hydrogen-bond donors (Lipinski definition) is 0. The maximum Gasteiger partial charge on any atom is 0.118 e. The lowest BCUT2D eigenvalue weighted by Crippen LogP contribution is -2.54. The third-order valence-corrected chi connectivity index (χ3v) is 4.38. The summed E-state index contributed by atoms with van der Waals surface area (Å²) in [4.78, 5) is 2.55. The molecule has 2 nitrogen and oxygen atoms in total. The van der Waals surface area contributed by atoms with Gasteiger partial charge in [-0.3, -0.25) is 4.90 Å². The van der Waals surface area contributed by atoms with Gasteiger partial charge in [0.05, 0.1) is 7.11 Å². The number of ether oxygens (including phenoxy) is 1. The van der Waals surface area contributed by atoms with Gasteiger partial charge in [0.1, 0.15) is 5.75 Å². The minimum absolute atomic E-state index is 0.341. The highest BCUT2D eigenvalue weighted by Crippen LogP contribution is 2.48. The Kier molecular flexibility index (Phi) is 3.73. The number of nitrogens with zero attached hydrogens (tertiary/aromatic N) is 1.